The molecule has 106 valence electrons. The van der Waals surface area contributed by atoms with Crippen LogP contribution < -0.4 is 4.74 Å². The Hall–Kier alpha value is -3.07. The first-order chi connectivity index (χ1) is 10.9. The van der Waals surface area contributed by atoms with Crippen LogP contribution in [0.4, 0.5) is 0 Å². The Morgan fingerprint density at radius 2 is 1.59 bits per heavy atom. The van der Waals surface area contributed by atoms with E-state index in [1.807, 2.05) is 54.6 Å². The molecular formula is C19H13NO2. The highest BCUT2D eigenvalue weighted by Crippen LogP contribution is 2.39. The largest absolute Gasteiger partial charge is 0.426 e. The maximum absolute atomic E-state index is 11.0. The number of para-hydroxylation sites is 1. The minimum atomic E-state index is 0.479. The van der Waals surface area contributed by atoms with Crippen molar-refractivity contribution in [1.29, 1.82) is 0 Å². The lowest BCUT2D eigenvalue weighted by atomic mass is 10.0. The van der Waals surface area contributed by atoms with Gasteiger partial charge in [-0.25, -0.2) is 0 Å². The average molecular weight is 287 g/mol. The van der Waals surface area contributed by atoms with Crippen molar-refractivity contribution in [1.82, 2.24) is 4.98 Å². The van der Waals surface area contributed by atoms with Crippen molar-refractivity contribution in [2.75, 3.05) is 0 Å². The van der Waals surface area contributed by atoms with E-state index in [2.05, 4.69) is 17.1 Å². The number of hydrogen-bond acceptors (Lipinski definition) is 2. The maximum atomic E-state index is 11.0. The van der Waals surface area contributed by atoms with Gasteiger partial charge >= 0.3 is 0 Å². The molecule has 4 aromatic rings. The van der Waals surface area contributed by atoms with E-state index in [1.165, 1.54) is 0 Å². The molecule has 0 atom stereocenters. The van der Waals surface area contributed by atoms with Gasteiger partial charge in [-0.1, -0.05) is 54.6 Å². The molecule has 0 saturated heterocycles. The molecular weight excluding hydrogens is 274 g/mol. The third-order valence-electron chi connectivity index (χ3n) is 3.89. The van der Waals surface area contributed by atoms with Crippen LogP contribution in [0, 0.1) is 0 Å². The highest BCUT2D eigenvalue weighted by atomic mass is 16.5. The summed E-state index contributed by atoms with van der Waals surface area (Å²) < 4.78 is 5.32. The minimum Gasteiger partial charge on any atom is -0.426 e. The molecule has 1 heterocycles. The Bertz CT molecular complexity index is 971. The summed E-state index contributed by atoms with van der Waals surface area (Å²) in [5.41, 5.74) is 3.78. The smallest absolute Gasteiger partial charge is 0.298 e. The van der Waals surface area contributed by atoms with Crippen molar-refractivity contribution >= 4 is 28.3 Å². The molecule has 4 rings (SSSR count). The summed E-state index contributed by atoms with van der Waals surface area (Å²) in [5.74, 6) is 0.565. The van der Waals surface area contributed by atoms with Gasteiger partial charge in [-0.2, -0.15) is 0 Å². The number of carbonyl (C=O) groups excluding carboxylic acids is 1. The van der Waals surface area contributed by atoms with Crippen LogP contribution in [0.3, 0.4) is 0 Å². The van der Waals surface area contributed by atoms with Crippen LogP contribution in [0.1, 0.15) is 0 Å². The summed E-state index contributed by atoms with van der Waals surface area (Å²) >= 11 is 0. The van der Waals surface area contributed by atoms with Gasteiger partial charge in [-0.05, 0) is 17.7 Å². The topological polar surface area (TPSA) is 42.1 Å². The van der Waals surface area contributed by atoms with Gasteiger partial charge in [0.05, 0.1) is 5.52 Å². The van der Waals surface area contributed by atoms with Crippen LogP contribution in [0.25, 0.3) is 32.9 Å². The Balaban J connectivity index is 2.08. The van der Waals surface area contributed by atoms with Gasteiger partial charge in [0.1, 0.15) is 0 Å². The van der Waals surface area contributed by atoms with Crippen molar-refractivity contribution in [2.45, 2.75) is 0 Å². The second kappa shape index (κ2) is 5.04. The quantitative estimate of drug-likeness (QED) is 0.563. The standard InChI is InChI=1S/C19H13NO2/c21-12-22-19-14(13-6-2-1-3-7-13)10-11-16-15-8-4-5-9-17(15)20-18(16)19/h1-12,20H. The van der Waals surface area contributed by atoms with Gasteiger partial charge in [0.25, 0.3) is 6.47 Å². The van der Waals surface area contributed by atoms with Crippen LogP contribution in [-0.2, 0) is 4.79 Å². The lowest BCUT2D eigenvalue weighted by molar-refractivity contribution is -0.120. The van der Waals surface area contributed by atoms with Crippen molar-refractivity contribution in [2.24, 2.45) is 0 Å². The first-order valence-electron chi connectivity index (χ1n) is 7.07. The van der Waals surface area contributed by atoms with E-state index in [9.17, 15) is 4.79 Å². The highest BCUT2D eigenvalue weighted by molar-refractivity contribution is 6.11. The number of nitrogens with one attached hydrogen (secondary N) is 1. The molecule has 0 fully saturated rings. The van der Waals surface area contributed by atoms with Gasteiger partial charge in [-0.15, -0.1) is 0 Å². The van der Waals surface area contributed by atoms with Crippen molar-refractivity contribution in [3.05, 3.63) is 66.7 Å². The van der Waals surface area contributed by atoms with Gasteiger partial charge < -0.3 is 9.72 Å². The lowest BCUT2D eigenvalue weighted by Crippen LogP contribution is -1.93. The van der Waals surface area contributed by atoms with Gasteiger partial charge in [0.15, 0.2) is 5.75 Å². The molecule has 0 aliphatic rings. The molecule has 3 nitrogen and oxygen atoms in total. The molecule has 1 N–H and O–H groups in total. The monoisotopic (exact) mass is 287 g/mol. The van der Waals surface area contributed by atoms with Crippen LogP contribution in [-0.4, -0.2) is 11.5 Å². The fraction of sp³-hybridized carbons (Fsp3) is 0. The number of hydrogen-bond donors (Lipinski definition) is 1. The van der Waals surface area contributed by atoms with Crippen molar-refractivity contribution in [3.8, 4) is 16.9 Å². The van der Waals surface area contributed by atoms with Gasteiger partial charge in [0.2, 0.25) is 0 Å². The second-order valence-corrected chi connectivity index (χ2v) is 5.12. The number of ether oxygens (including phenoxy) is 1. The zero-order chi connectivity index (χ0) is 14.9. The van der Waals surface area contributed by atoms with E-state index in [4.69, 9.17) is 4.74 Å². The number of rotatable bonds is 3. The average Bonchev–Trinajstić information content (AvgIpc) is 2.95. The predicted octanol–water partition coefficient (Wildman–Crippen LogP) is 4.52. The number of H-pyrrole nitrogens is 1. The summed E-state index contributed by atoms with van der Waals surface area (Å²) in [6.07, 6.45) is 0. The first-order valence-corrected chi connectivity index (χ1v) is 7.07. The molecule has 22 heavy (non-hydrogen) atoms. The van der Waals surface area contributed by atoms with Gasteiger partial charge in [0, 0.05) is 21.9 Å². The highest BCUT2D eigenvalue weighted by Gasteiger charge is 2.14. The number of aromatic amines is 1. The molecule has 0 saturated carbocycles. The zero-order valence-corrected chi connectivity index (χ0v) is 11.7. The predicted molar refractivity (Wildman–Crippen MR) is 87.9 cm³/mol. The number of carbonyl (C=O) groups is 1. The van der Waals surface area contributed by atoms with Crippen LogP contribution in [0.15, 0.2) is 66.7 Å². The summed E-state index contributed by atoms with van der Waals surface area (Å²) in [5, 5.41) is 2.17. The van der Waals surface area contributed by atoms with Crippen molar-refractivity contribution in [3.63, 3.8) is 0 Å². The molecule has 0 spiro atoms. The van der Waals surface area contributed by atoms with Crippen LogP contribution in [0.2, 0.25) is 0 Å². The second-order valence-electron chi connectivity index (χ2n) is 5.12. The summed E-state index contributed by atoms with van der Waals surface area (Å²) in [7, 11) is 0. The van der Waals surface area contributed by atoms with E-state index in [1.54, 1.807) is 0 Å². The molecule has 3 heteroatoms. The molecule has 0 unspecified atom stereocenters. The Morgan fingerprint density at radius 3 is 2.41 bits per heavy atom. The van der Waals surface area contributed by atoms with E-state index in [0.717, 1.165) is 32.9 Å². The van der Waals surface area contributed by atoms with E-state index in [-0.39, 0.29) is 0 Å². The molecule has 0 aliphatic heterocycles. The van der Waals surface area contributed by atoms with Crippen LogP contribution in [0.5, 0.6) is 5.75 Å². The fourth-order valence-electron chi connectivity index (χ4n) is 2.91. The number of benzene rings is 3. The Labute approximate surface area is 127 Å². The third-order valence-corrected chi connectivity index (χ3v) is 3.89. The summed E-state index contributed by atoms with van der Waals surface area (Å²) in [6.45, 7) is 0.479. The normalized spacial score (nSPS) is 10.9. The molecule has 0 radical (unpaired) electrons. The molecule has 0 aliphatic carbocycles. The Kier molecular flexibility index (Phi) is 2.90. The molecule has 0 bridgehead atoms. The number of aromatic nitrogens is 1. The van der Waals surface area contributed by atoms with Gasteiger partial charge in [-0.3, -0.25) is 4.79 Å². The Morgan fingerprint density at radius 1 is 0.818 bits per heavy atom. The van der Waals surface area contributed by atoms with Crippen LogP contribution >= 0.6 is 0 Å². The fourth-order valence-corrected chi connectivity index (χ4v) is 2.91. The van der Waals surface area contributed by atoms with E-state index in [0.29, 0.717) is 12.2 Å². The lowest BCUT2D eigenvalue weighted by Gasteiger charge is -2.09. The van der Waals surface area contributed by atoms with E-state index >= 15 is 0 Å². The third kappa shape index (κ3) is 1.87. The first kappa shape index (κ1) is 12.7. The summed E-state index contributed by atoms with van der Waals surface area (Å²) in [4.78, 5) is 14.3. The molecule has 1 aromatic heterocycles. The zero-order valence-electron chi connectivity index (χ0n) is 11.7. The van der Waals surface area contributed by atoms with E-state index < -0.39 is 0 Å². The van der Waals surface area contributed by atoms with Crippen molar-refractivity contribution < 1.29 is 9.53 Å². The minimum absolute atomic E-state index is 0.479. The summed E-state index contributed by atoms with van der Waals surface area (Å²) in [6, 6.07) is 22.0. The maximum Gasteiger partial charge on any atom is 0.298 e. The molecule has 3 aromatic carbocycles. The SMILES string of the molecule is O=COc1c(-c2ccccc2)ccc2c1[nH]c1ccccc12. The molecule has 0 amide bonds. The number of fused-ring (bicyclic) bond motifs is 3.